The van der Waals surface area contributed by atoms with Crippen LogP contribution in [0.1, 0.15) is 29.2 Å². The Balaban J connectivity index is 1.75. The van der Waals surface area contributed by atoms with Gasteiger partial charge in [0.2, 0.25) is 0 Å². The molecule has 2 aromatic rings. The maximum absolute atomic E-state index is 12.7. The molecule has 110 valence electrons. The zero-order valence-corrected chi connectivity index (χ0v) is 13.2. The first-order chi connectivity index (χ1) is 10.1. The normalized spacial score (nSPS) is 22.6. The molecule has 3 atom stereocenters. The zero-order chi connectivity index (χ0) is 14.8. The summed E-state index contributed by atoms with van der Waals surface area (Å²) in [6.07, 6.45) is 1.85. The molecule has 1 aliphatic carbocycles. The van der Waals surface area contributed by atoms with Crippen LogP contribution in [0, 0.1) is 0 Å². The van der Waals surface area contributed by atoms with Gasteiger partial charge in [-0.3, -0.25) is 4.21 Å². The van der Waals surface area contributed by atoms with Crippen molar-refractivity contribution in [3.05, 3.63) is 70.2 Å². The van der Waals surface area contributed by atoms with E-state index in [4.69, 9.17) is 17.3 Å². The molecule has 2 nitrogen and oxygen atoms in total. The number of aryl methyl sites for hydroxylation is 1. The molecular weight excluding hydrogens is 302 g/mol. The third kappa shape index (κ3) is 3.20. The van der Waals surface area contributed by atoms with Crippen molar-refractivity contribution >= 4 is 22.4 Å². The standard InChI is InChI=1S/C17H18ClNOS/c18-14-8-5-12(6-9-14)11-21(20)16-10-7-13-3-1-2-4-15(13)17(16)19/h1-6,8-9,16-17H,7,10-11,19H2. The van der Waals surface area contributed by atoms with Crippen molar-refractivity contribution in [2.75, 3.05) is 0 Å². The van der Waals surface area contributed by atoms with E-state index < -0.39 is 10.8 Å². The summed E-state index contributed by atoms with van der Waals surface area (Å²) in [5.74, 6) is 0.539. The molecule has 0 spiro atoms. The molecule has 0 bridgehead atoms. The molecule has 0 aliphatic heterocycles. The van der Waals surface area contributed by atoms with Crippen molar-refractivity contribution in [1.82, 2.24) is 0 Å². The van der Waals surface area contributed by atoms with Crippen molar-refractivity contribution in [2.45, 2.75) is 29.9 Å². The van der Waals surface area contributed by atoms with Crippen LogP contribution in [0.5, 0.6) is 0 Å². The van der Waals surface area contributed by atoms with E-state index in [0.717, 1.165) is 24.0 Å². The maximum atomic E-state index is 12.7. The van der Waals surface area contributed by atoms with Gasteiger partial charge in [0.1, 0.15) is 0 Å². The van der Waals surface area contributed by atoms with E-state index in [9.17, 15) is 4.21 Å². The minimum atomic E-state index is -0.970. The lowest BCUT2D eigenvalue weighted by atomic mass is 9.88. The number of benzene rings is 2. The molecule has 0 fully saturated rings. The quantitative estimate of drug-likeness (QED) is 0.939. The predicted molar refractivity (Wildman–Crippen MR) is 88.8 cm³/mol. The van der Waals surface area contributed by atoms with Crippen molar-refractivity contribution < 1.29 is 4.21 Å². The third-order valence-corrected chi connectivity index (χ3v) is 6.15. The molecular formula is C17H18ClNOS. The smallest absolute Gasteiger partial charge is 0.0547 e. The van der Waals surface area contributed by atoms with Crippen LogP contribution in [-0.4, -0.2) is 9.46 Å². The fourth-order valence-electron chi connectivity index (χ4n) is 2.91. The first-order valence-electron chi connectivity index (χ1n) is 7.10. The summed E-state index contributed by atoms with van der Waals surface area (Å²) in [6, 6.07) is 15.6. The Kier molecular flexibility index (Phi) is 4.43. The lowest BCUT2D eigenvalue weighted by Gasteiger charge is -2.30. The van der Waals surface area contributed by atoms with Crippen molar-refractivity contribution in [1.29, 1.82) is 0 Å². The van der Waals surface area contributed by atoms with E-state index in [2.05, 4.69) is 12.1 Å². The monoisotopic (exact) mass is 319 g/mol. The van der Waals surface area contributed by atoms with Gasteiger partial charge < -0.3 is 5.73 Å². The molecule has 0 saturated carbocycles. The van der Waals surface area contributed by atoms with Gasteiger partial charge in [-0.25, -0.2) is 0 Å². The van der Waals surface area contributed by atoms with Gasteiger partial charge in [0.15, 0.2) is 0 Å². The van der Waals surface area contributed by atoms with Crippen LogP contribution in [0.3, 0.4) is 0 Å². The summed E-state index contributed by atoms with van der Waals surface area (Å²) in [7, 11) is -0.970. The SMILES string of the molecule is NC1c2ccccc2CCC1S(=O)Cc1ccc(Cl)cc1. The van der Waals surface area contributed by atoms with E-state index in [0.29, 0.717) is 10.8 Å². The highest BCUT2D eigenvalue weighted by Crippen LogP contribution is 2.32. The second kappa shape index (κ2) is 6.30. The first-order valence-corrected chi connectivity index (χ1v) is 8.86. The Hall–Kier alpha value is -1.16. The Labute approximate surface area is 132 Å². The minimum Gasteiger partial charge on any atom is -0.323 e. The number of nitrogens with two attached hydrogens (primary N) is 1. The molecule has 2 aromatic carbocycles. The van der Waals surface area contributed by atoms with Gasteiger partial charge in [-0.15, -0.1) is 0 Å². The van der Waals surface area contributed by atoms with E-state index >= 15 is 0 Å². The molecule has 0 heterocycles. The van der Waals surface area contributed by atoms with Crippen LogP contribution in [0.4, 0.5) is 0 Å². The molecule has 1 aliphatic rings. The maximum Gasteiger partial charge on any atom is 0.0547 e. The van der Waals surface area contributed by atoms with E-state index in [1.807, 2.05) is 36.4 Å². The molecule has 3 unspecified atom stereocenters. The molecule has 4 heteroatoms. The Morgan fingerprint density at radius 2 is 1.86 bits per heavy atom. The van der Waals surface area contributed by atoms with Gasteiger partial charge in [0, 0.05) is 27.6 Å². The van der Waals surface area contributed by atoms with Crippen LogP contribution in [0.25, 0.3) is 0 Å². The average molecular weight is 320 g/mol. The van der Waals surface area contributed by atoms with Crippen LogP contribution in [0.15, 0.2) is 48.5 Å². The largest absolute Gasteiger partial charge is 0.323 e. The number of fused-ring (bicyclic) bond motifs is 1. The highest BCUT2D eigenvalue weighted by molar-refractivity contribution is 7.84. The summed E-state index contributed by atoms with van der Waals surface area (Å²) in [6.45, 7) is 0. The number of halogens is 1. The molecule has 21 heavy (non-hydrogen) atoms. The van der Waals surface area contributed by atoms with Gasteiger partial charge >= 0.3 is 0 Å². The van der Waals surface area contributed by atoms with Crippen LogP contribution < -0.4 is 5.73 Å². The fraction of sp³-hybridized carbons (Fsp3) is 0.294. The Morgan fingerprint density at radius 1 is 1.14 bits per heavy atom. The summed E-state index contributed by atoms with van der Waals surface area (Å²) in [5, 5.41) is 0.725. The first kappa shape index (κ1) is 14.8. The zero-order valence-electron chi connectivity index (χ0n) is 11.7. The molecule has 3 rings (SSSR count). The van der Waals surface area contributed by atoms with E-state index in [-0.39, 0.29) is 11.3 Å². The molecule has 0 amide bonds. The molecule has 2 N–H and O–H groups in total. The van der Waals surface area contributed by atoms with Crippen molar-refractivity contribution in [2.24, 2.45) is 5.73 Å². The van der Waals surface area contributed by atoms with Gasteiger partial charge in [-0.05, 0) is 41.7 Å². The highest BCUT2D eigenvalue weighted by Gasteiger charge is 2.30. The molecule has 0 radical (unpaired) electrons. The van der Waals surface area contributed by atoms with Gasteiger partial charge in [0.05, 0.1) is 5.25 Å². The van der Waals surface area contributed by atoms with E-state index in [1.54, 1.807) is 0 Å². The third-order valence-electron chi connectivity index (χ3n) is 4.07. The van der Waals surface area contributed by atoms with Gasteiger partial charge in [-0.1, -0.05) is 48.0 Å². The molecule has 0 aromatic heterocycles. The summed E-state index contributed by atoms with van der Waals surface area (Å²) < 4.78 is 12.7. The predicted octanol–water partition coefficient (Wildman–Crippen LogP) is 3.60. The average Bonchev–Trinajstić information content (AvgIpc) is 2.50. The second-order valence-electron chi connectivity index (χ2n) is 5.45. The van der Waals surface area contributed by atoms with Crippen LogP contribution in [0.2, 0.25) is 5.02 Å². The minimum absolute atomic E-state index is 0.0237. The summed E-state index contributed by atoms with van der Waals surface area (Å²) in [4.78, 5) is 0. The molecule has 0 saturated heterocycles. The second-order valence-corrected chi connectivity index (χ2v) is 7.55. The number of hydrogen-bond acceptors (Lipinski definition) is 2. The Bertz CT molecular complexity index is 656. The summed E-state index contributed by atoms with van der Waals surface area (Å²) in [5.41, 5.74) is 9.85. The van der Waals surface area contributed by atoms with E-state index in [1.165, 1.54) is 5.56 Å². The number of rotatable bonds is 3. The Morgan fingerprint density at radius 3 is 2.62 bits per heavy atom. The van der Waals surface area contributed by atoms with Crippen molar-refractivity contribution in [3.63, 3.8) is 0 Å². The highest BCUT2D eigenvalue weighted by atomic mass is 35.5. The topological polar surface area (TPSA) is 43.1 Å². The summed E-state index contributed by atoms with van der Waals surface area (Å²) >= 11 is 5.88. The fourth-order valence-corrected chi connectivity index (χ4v) is 4.63. The van der Waals surface area contributed by atoms with Crippen molar-refractivity contribution in [3.8, 4) is 0 Å². The van der Waals surface area contributed by atoms with Crippen LogP contribution >= 0.6 is 11.6 Å². The van der Waals surface area contributed by atoms with Gasteiger partial charge in [-0.2, -0.15) is 0 Å². The van der Waals surface area contributed by atoms with Gasteiger partial charge in [0.25, 0.3) is 0 Å². The lowest BCUT2D eigenvalue weighted by Crippen LogP contribution is -2.35. The van der Waals surface area contributed by atoms with Crippen LogP contribution in [-0.2, 0) is 23.0 Å². The lowest BCUT2D eigenvalue weighted by molar-refractivity contribution is 0.563. The number of hydrogen-bond donors (Lipinski definition) is 1.